The van der Waals surface area contributed by atoms with Crippen molar-refractivity contribution >= 4 is 22.1 Å². The molecular formula is C18H24O7S. The normalized spacial score (nSPS) is 26.2. The molecule has 1 aromatic carbocycles. The van der Waals surface area contributed by atoms with Gasteiger partial charge in [0.25, 0.3) is 10.1 Å². The Morgan fingerprint density at radius 3 is 2.19 bits per heavy atom. The van der Waals surface area contributed by atoms with Crippen molar-refractivity contribution in [2.24, 2.45) is 11.8 Å². The SMILES string of the molecule is COC(=O)[C@H]1CC(OC(C)=O)[C@@H](C)[C@@H](OS(=O)(=O)c2ccc(C)cc2)C1. The van der Waals surface area contributed by atoms with E-state index in [1.807, 2.05) is 6.92 Å². The molecule has 0 aromatic heterocycles. The Morgan fingerprint density at radius 1 is 1.08 bits per heavy atom. The molecule has 2 rings (SSSR count). The van der Waals surface area contributed by atoms with Crippen LogP contribution in [0.1, 0.15) is 32.3 Å². The molecule has 8 heteroatoms. The molecule has 1 saturated carbocycles. The predicted molar refractivity (Wildman–Crippen MR) is 92.7 cm³/mol. The molecule has 1 aliphatic rings. The second kappa shape index (κ2) is 8.18. The van der Waals surface area contributed by atoms with Gasteiger partial charge >= 0.3 is 11.9 Å². The van der Waals surface area contributed by atoms with Crippen LogP contribution in [0.2, 0.25) is 0 Å². The lowest BCUT2D eigenvalue weighted by Crippen LogP contribution is -2.45. The minimum absolute atomic E-state index is 0.0412. The largest absolute Gasteiger partial charge is 0.469 e. The Bertz CT molecular complexity index is 754. The van der Waals surface area contributed by atoms with Crippen LogP contribution in [0.3, 0.4) is 0 Å². The third kappa shape index (κ3) is 4.82. The van der Waals surface area contributed by atoms with Gasteiger partial charge in [0.2, 0.25) is 0 Å². The van der Waals surface area contributed by atoms with Gasteiger partial charge in [0.15, 0.2) is 0 Å². The molecule has 0 radical (unpaired) electrons. The van der Waals surface area contributed by atoms with E-state index in [2.05, 4.69) is 0 Å². The van der Waals surface area contributed by atoms with Crippen LogP contribution >= 0.6 is 0 Å². The molecule has 7 nitrogen and oxygen atoms in total. The molecule has 26 heavy (non-hydrogen) atoms. The first kappa shape index (κ1) is 20.4. The molecule has 0 spiro atoms. The highest BCUT2D eigenvalue weighted by Gasteiger charge is 2.43. The lowest BCUT2D eigenvalue weighted by atomic mass is 9.78. The number of carbonyl (C=O) groups is 2. The number of hydrogen-bond donors (Lipinski definition) is 0. The first-order valence-corrected chi connectivity index (χ1v) is 9.80. The Morgan fingerprint density at radius 2 is 1.65 bits per heavy atom. The zero-order valence-corrected chi connectivity index (χ0v) is 16.1. The second-order valence-electron chi connectivity index (χ2n) is 6.60. The van der Waals surface area contributed by atoms with Crippen molar-refractivity contribution in [1.29, 1.82) is 0 Å². The average molecular weight is 384 g/mol. The van der Waals surface area contributed by atoms with Gasteiger partial charge in [-0.2, -0.15) is 8.42 Å². The highest BCUT2D eigenvalue weighted by Crippen LogP contribution is 2.35. The molecule has 0 heterocycles. The maximum atomic E-state index is 12.6. The number of ether oxygens (including phenoxy) is 2. The van der Waals surface area contributed by atoms with Crippen molar-refractivity contribution in [2.45, 2.75) is 50.7 Å². The summed E-state index contributed by atoms with van der Waals surface area (Å²) >= 11 is 0. The summed E-state index contributed by atoms with van der Waals surface area (Å²) in [4.78, 5) is 23.3. The molecule has 1 fully saturated rings. The summed E-state index contributed by atoms with van der Waals surface area (Å²) in [6.45, 7) is 4.87. The van der Waals surface area contributed by atoms with Crippen molar-refractivity contribution in [1.82, 2.24) is 0 Å². The number of benzene rings is 1. The molecular weight excluding hydrogens is 360 g/mol. The lowest BCUT2D eigenvalue weighted by molar-refractivity contribution is -0.163. The quantitative estimate of drug-likeness (QED) is 0.567. The van der Waals surface area contributed by atoms with Crippen molar-refractivity contribution in [3.8, 4) is 0 Å². The number of carbonyl (C=O) groups excluding carboxylic acids is 2. The third-order valence-corrected chi connectivity index (χ3v) is 5.97. The summed E-state index contributed by atoms with van der Waals surface area (Å²) in [6.07, 6.45) is -0.971. The maximum Gasteiger partial charge on any atom is 0.308 e. The van der Waals surface area contributed by atoms with Gasteiger partial charge in [-0.3, -0.25) is 13.8 Å². The summed E-state index contributed by atoms with van der Waals surface area (Å²) in [5.41, 5.74) is 0.927. The summed E-state index contributed by atoms with van der Waals surface area (Å²) in [6, 6.07) is 6.30. The van der Waals surface area contributed by atoms with Gasteiger partial charge in [0.05, 0.1) is 24.0 Å². The van der Waals surface area contributed by atoms with E-state index in [0.29, 0.717) is 0 Å². The fourth-order valence-corrected chi connectivity index (χ4v) is 4.26. The van der Waals surface area contributed by atoms with Gasteiger partial charge < -0.3 is 9.47 Å². The zero-order chi connectivity index (χ0) is 19.5. The van der Waals surface area contributed by atoms with Crippen LogP contribution in [0, 0.1) is 18.8 Å². The number of esters is 2. The standard InChI is InChI=1S/C18H24O7S/c1-11-5-7-15(8-6-11)26(21,22)25-17-10-14(18(20)23-4)9-16(12(17)2)24-13(3)19/h5-8,12,14,16-17H,9-10H2,1-4H3/t12-,14+,16?,17+/m1/s1. The molecule has 1 unspecified atom stereocenters. The Hall–Kier alpha value is -1.93. The summed E-state index contributed by atoms with van der Waals surface area (Å²) in [5.74, 6) is -1.96. The number of hydrogen-bond acceptors (Lipinski definition) is 7. The van der Waals surface area contributed by atoms with Crippen LogP contribution in [0.5, 0.6) is 0 Å². The van der Waals surface area contributed by atoms with Gasteiger partial charge in [0.1, 0.15) is 6.10 Å². The Kier molecular flexibility index (Phi) is 6.41. The summed E-state index contributed by atoms with van der Waals surface area (Å²) in [5, 5.41) is 0. The van der Waals surface area contributed by atoms with Gasteiger partial charge in [-0.1, -0.05) is 24.6 Å². The van der Waals surface area contributed by atoms with Gasteiger partial charge in [-0.25, -0.2) is 0 Å². The third-order valence-electron chi connectivity index (χ3n) is 4.62. The number of methoxy groups -OCH3 is 1. The lowest BCUT2D eigenvalue weighted by Gasteiger charge is -2.37. The minimum Gasteiger partial charge on any atom is -0.469 e. The number of rotatable bonds is 5. The molecule has 0 saturated heterocycles. The molecule has 0 N–H and O–H groups in total. The highest BCUT2D eigenvalue weighted by atomic mass is 32.2. The smallest absolute Gasteiger partial charge is 0.308 e. The van der Waals surface area contributed by atoms with E-state index in [1.165, 1.54) is 26.2 Å². The van der Waals surface area contributed by atoms with Crippen LogP contribution in [0.4, 0.5) is 0 Å². The first-order valence-electron chi connectivity index (χ1n) is 8.39. The van der Waals surface area contributed by atoms with E-state index in [0.717, 1.165) is 5.56 Å². The van der Waals surface area contributed by atoms with E-state index < -0.39 is 40.2 Å². The Labute approximate surface area is 153 Å². The topological polar surface area (TPSA) is 96.0 Å². The van der Waals surface area contributed by atoms with Crippen LogP contribution in [-0.4, -0.2) is 39.7 Å². The summed E-state index contributed by atoms with van der Waals surface area (Å²) in [7, 11) is -2.75. The number of aryl methyl sites for hydroxylation is 1. The van der Waals surface area contributed by atoms with Crippen molar-refractivity contribution in [3.63, 3.8) is 0 Å². The summed E-state index contributed by atoms with van der Waals surface area (Å²) < 4.78 is 40.6. The van der Waals surface area contributed by atoms with Gasteiger partial charge in [-0.05, 0) is 31.9 Å². The molecule has 1 aliphatic carbocycles. The average Bonchev–Trinajstić information content (AvgIpc) is 2.57. The van der Waals surface area contributed by atoms with E-state index in [-0.39, 0.29) is 23.7 Å². The maximum absolute atomic E-state index is 12.6. The molecule has 0 bridgehead atoms. The van der Waals surface area contributed by atoms with E-state index in [9.17, 15) is 18.0 Å². The van der Waals surface area contributed by atoms with E-state index in [4.69, 9.17) is 13.7 Å². The van der Waals surface area contributed by atoms with Gasteiger partial charge in [0, 0.05) is 12.8 Å². The highest BCUT2D eigenvalue weighted by molar-refractivity contribution is 7.86. The second-order valence-corrected chi connectivity index (χ2v) is 8.17. The van der Waals surface area contributed by atoms with Crippen LogP contribution in [0.15, 0.2) is 29.2 Å². The van der Waals surface area contributed by atoms with Crippen LogP contribution in [0.25, 0.3) is 0 Å². The molecule has 144 valence electrons. The van der Waals surface area contributed by atoms with Crippen LogP contribution in [-0.2, 0) is 33.4 Å². The van der Waals surface area contributed by atoms with Gasteiger partial charge in [-0.15, -0.1) is 0 Å². The molecule has 4 atom stereocenters. The minimum atomic E-state index is -4.01. The van der Waals surface area contributed by atoms with Crippen molar-refractivity contribution in [2.75, 3.05) is 7.11 Å². The van der Waals surface area contributed by atoms with Crippen molar-refractivity contribution < 1.29 is 31.7 Å². The monoisotopic (exact) mass is 384 g/mol. The zero-order valence-electron chi connectivity index (χ0n) is 15.3. The predicted octanol–water partition coefficient (Wildman–Crippen LogP) is 2.22. The van der Waals surface area contributed by atoms with Crippen LogP contribution < -0.4 is 0 Å². The van der Waals surface area contributed by atoms with E-state index in [1.54, 1.807) is 19.1 Å². The van der Waals surface area contributed by atoms with E-state index >= 15 is 0 Å². The van der Waals surface area contributed by atoms with Crippen molar-refractivity contribution in [3.05, 3.63) is 29.8 Å². The Balaban J connectivity index is 2.24. The fraction of sp³-hybridized carbons (Fsp3) is 0.556. The molecule has 0 aliphatic heterocycles. The molecule has 1 aromatic rings. The first-order chi connectivity index (χ1) is 12.1. The molecule has 0 amide bonds. The fourth-order valence-electron chi connectivity index (χ4n) is 3.10.